The van der Waals surface area contributed by atoms with Crippen LogP contribution in [0, 0.1) is 6.92 Å². The minimum absolute atomic E-state index is 0.319. The molecule has 0 atom stereocenters. The molecule has 0 aliphatic rings. The van der Waals surface area contributed by atoms with Gasteiger partial charge in [-0.25, -0.2) is 4.79 Å². The number of fused-ring (bicyclic) bond motifs is 1. The Morgan fingerprint density at radius 1 is 1.50 bits per heavy atom. The zero-order valence-electron chi connectivity index (χ0n) is 7.37. The zero-order chi connectivity index (χ0) is 10.3. The molecule has 0 saturated carbocycles. The number of carboxylic acid groups (broad SMARTS) is 1. The van der Waals surface area contributed by atoms with E-state index in [1.54, 1.807) is 17.4 Å². The molecule has 2 aromatic rings. The first kappa shape index (κ1) is 9.68. The molecule has 0 aliphatic heterocycles. The average molecular weight is 271 g/mol. The molecular weight excluding hydrogens is 264 g/mol. The third kappa shape index (κ3) is 1.44. The molecule has 0 saturated heterocycles. The van der Waals surface area contributed by atoms with E-state index < -0.39 is 5.97 Å². The smallest absolute Gasteiger partial charge is 0.336 e. The number of carbonyl (C=O) groups is 1. The first-order valence-electron chi connectivity index (χ1n) is 4.01. The topological polar surface area (TPSA) is 37.3 Å². The Morgan fingerprint density at radius 3 is 2.86 bits per heavy atom. The fourth-order valence-electron chi connectivity index (χ4n) is 1.36. The Balaban J connectivity index is 2.80. The highest BCUT2D eigenvalue weighted by molar-refractivity contribution is 9.10. The molecule has 1 N–H and O–H groups in total. The molecule has 4 heteroatoms. The lowest BCUT2D eigenvalue weighted by molar-refractivity contribution is 0.0696. The summed E-state index contributed by atoms with van der Waals surface area (Å²) < 4.78 is 1.68. The zero-order valence-corrected chi connectivity index (χ0v) is 9.78. The van der Waals surface area contributed by atoms with E-state index in [0.29, 0.717) is 10.0 Å². The molecule has 14 heavy (non-hydrogen) atoms. The number of halogens is 1. The van der Waals surface area contributed by atoms with Crippen LogP contribution in [0.25, 0.3) is 10.1 Å². The highest BCUT2D eigenvalue weighted by atomic mass is 79.9. The van der Waals surface area contributed by atoms with Crippen LogP contribution >= 0.6 is 27.3 Å². The Labute approximate surface area is 93.3 Å². The second-order valence-electron chi connectivity index (χ2n) is 3.01. The maximum atomic E-state index is 10.8. The third-order valence-electron chi connectivity index (χ3n) is 1.98. The molecule has 0 radical (unpaired) electrons. The Morgan fingerprint density at radius 2 is 2.21 bits per heavy atom. The molecule has 0 fully saturated rings. The van der Waals surface area contributed by atoms with Crippen LogP contribution in [0.4, 0.5) is 0 Å². The predicted molar refractivity (Wildman–Crippen MR) is 61.2 cm³/mol. The van der Waals surface area contributed by atoms with Gasteiger partial charge in [-0.1, -0.05) is 6.07 Å². The lowest BCUT2D eigenvalue weighted by atomic mass is 10.2. The highest BCUT2D eigenvalue weighted by Gasteiger charge is 2.12. The van der Waals surface area contributed by atoms with Crippen molar-refractivity contribution in [2.24, 2.45) is 0 Å². The summed E-state index contributed by atoms with van der Waals surface area (Å²) in [7, 11) is 0. The second-order valence-corrected chi connectivity index (χ2v) is 5.06. The number of hydrogen-bond acceptors (Lipinski definition) is 2. The summed E-state index contributed by atoms with van der Waals surface area (Å²) in [6.45, 7) is 2.01. The number of aromatic carboxylic acids is 1. The van der Waals surface area contributed by atoms with Crippen LogP contribution in [0.1, 0.15) is 15.2 Å². The van der Waals surface area contributed by atoms with Crippen molar-refractivity contribution in [1.29, 1.82) is 0 Å². The summed E-state index contributed by atoms with van der Waals surface area (Å²) in [6, 6.07) is 5.52. The molecule has 1 aromatic heterocycles. The lowest BCUT2D eigenvalue weighted by Gasteiger charge is -1.99. The van der Waals surface area contributed by atoms with Crippen LogP contribution in [-0.4, -0.2) is 11.1 Å². The summed E-state index contributed by atoms with van der Waals surface area (Å²) in [6.07, 6.45) is 0. The molecule has 0 unspecified atom stereocenters. The van der Waals surface area contributed by atoms with Crippen LogP contribution in [0.5, 0.6) is 0 Å². The SMILES string of the molecule is Cc1cc2ccc(C(=O)O)c(Br)c2s1. The molecule has 72 valence electrons. The van der Waals surface area contributed by atoms with Gasteiger partial charge in [-0.3, -0.25) is 0 Å². The molecule has 0 amide bonds. The quantitative estimate of drug-likeness (QED) is 0.859. The Kier molecular flexibility index (Phi) is 2.33. The predicted octanol–water partition coefficient (Wildman–Crippen LogP) is 3.67. The fourth-order valence-corrected chi connectivity index (χ4v) is 3.09. The molecule has 1 aromatic carbocycles. The normalized spacial score (nSPS) is 10.7. The van der Waals surface area contributed by atoms with E-state index in [4.69, 9.17) is 5.11 Å². The first-order valence-corrected chi connectivity index (χ1v) is 5.62. The molecule has 2 rings (SSSR count). The number of rotatable bonds is 1. The molecule has 0 bridgehead atoms. The first-order chi connectivity index (χ1) is 6.59. The average Bonchev–Trinajstić information content (AvgIpc) is 2.46. The van der Waals surface area contributed by atoms with E-state index in [9.17, 15) is 4.79 Å². The van der Waals surface area contributed by atoms with Gasteiger partial charge in [0.15, 0.2) is 0 Å². The second kappa shape index (κ2) is 3.37. The monoisotopic (exact) mass is 270 g/mol. The van der Waals surface area contributed by atoms with Crippen molar-refractivity contribution >= 4 is 43.3 Å². The molecular formula is C10H7BrO2S. The number of aryl methyl sites for hydroxylation is 1. The maximum Gasteiger partial charge on any atom is 0.336 e. The van der Waals surface area contributed by atoms with E-state index in [1.165, 1.54) is 4.88 Å². The molecule has 0 aliphatic carbocycles. The van der Waals surface area contributed by atoms with Gasteiger partial charge in [-0.15, -0.1) is 11.3 Å². The standard InChI is InChI=1S/C10H7BrO2S/c1-5-4-6-2-3-7(10(12)13)8(11)9(6)14-5/h2-4H,1H3,(H,12,13). The van der Waals surface area contributed by atoms with Crippen molar-refractivity contribution in [2.45, 2.75) is 6.92 Å². The number of thiophene rings is 1. The lowest BCUT2D eigenvalue weighted by Crippen LogP contribution is -1.96. The van der Waals surface area contributed by atoms with Gasteiger partial charge in [0.2, 0.25) is 0 Å². The molecule has 2 nitrogen and oxygen atoms in total. The van der Waals surface area contributed by atoms with Crippen molar-refractivity contribution in [3.63, 3.8) is 0 Å². The largest absolute Gasteiger partial charge is 0.478 e. The molecule has 0 spiro atoms. The van der Waals surface area contributed by atoms with Crippen molar-refractivity contribution in [3.05, 3.63) is 33.1 Å². The van der Waals surface area contributed by atoms with E-state index in [2.05, 4.69) is 22.0 Å². The summed E-state index contributed by atoms with van der Waals surface area (Å²) in [4.78, 5) is 12.0. The minimum atomic E-state index is -0.898. The van der Waals surface area contributed by atoms with Crippen LogP contribution < -0.4 is 0 Å². The molecule has 1 heterocycles. The van der Waals surface area contributed by atoms with Crippen molar-refractivity contribution in [2.75, 3.05) is 0 Å². The third-order valence-corrected chi connectivity index (χ3v) is 4.15. The number of carboxylic acids is 1. The maximum absolute atomic E-state index is 10.8. The van der Waals surface area contributed by atoms with Gasteiger partial charge in [0.05, 0.1) is 5.56 Å². The highest BCUT2D eigenvalue weighted by Crippen LogP contribution is 2.34. The van der Waals surface area contributed by atoms with E-state index >= 15 is 0 Å². The Bertz CT molecular complexity index is 516. The summed E-state index contributed by atoms with van der Waals surface area (Å²) in [5.41, 5.74) is 0.319. The summed E-state index contributed by atoms with van der Waals surface area (Å²) in [5.74, 6) is -0.898. The summed E-state index contributed by atoms with van der Waals surface area (Å²) >= 11 is 4.93. The number of benzene rings is 1. The van der Waals surface area contributed by atoms with Gasteiger partial charge in [-0.2, -0.15) is 0 Å². The van der Waals surface area contributed by atoms with Gasteiger partial charge in [-0.05, 0) is 40.4 Å². The van der Waals surface area contributed by atoms with E-state index in [-0.39, 0.29) is 0 Å². The van der Waals surface area contributed by atoms with E-state index in [0.717, 1.165) is 10.1 Å². The van der Waals surface area contributed by atoms with Crippen molar-refractivity contribution in [3.8, 4) is 0 Å². The Hall–Kier alpha value is -0.870. The van der Waals surface area contributed by atoms with Gasteiger partial charge in [0.25, 0.3) is 0 Å². The van der Waals surface area contributed by atoms with Gasteiger partial charge >= 0.3 is 5.97 Å². The van der Waals surface area contributed by atoms with Gasteiger partial charge < -0.3 is 5.11 Å². The number of hydrogen-bond donors (Lipinski definition) is 1. The van der Waals surface area contributed by atoms with E-state index in [1.807, 2.05) is 13.0 Å². The minimum Gasteiger partial charge on any atom is -0.478 e. The van der Waals surface area contributed by atoms with Gasteiger partial charge in [0, 0.05) is 14.0 Å². The van der Waals surface area contributed by atoms with Crippen molar-refractivity contribution in [1.82, 2.24) is 0 Å². The van der Waals surface area contributed by atoms with Crippen LogP contribution in [0.15, 0.2) is 22.7 Å². The van der Waals surface area contributed by atoms with Gasteiger partial charge in [0.1, 0.15) is 0 Å². The van der Waals surface area contributed by atoms with Crippen LogP contribution in [0.2, 0.25) is 0 Å². The summed E-state index contributed by atoms with van der Waals surface area (Å²) in [5, 5.41) is 9.99. The van der Waals surface area contributed by atoms with Crippen LogP contribution in [-0.2, 0) is 0 Å². The fraction of sp³-hybridized carbons (Fsp3) is 0.100. The van der Waals surface area contributed by atoms with Crippen molar-refractivity contribution < 1.29 is 9.90 Å². The van der Waals surface area contributed by atoms with Crippen LogP contribution in [0.3, 0.4) is 0 Å².